The Balaban J connectivity index is 0.00000121. The third kappa shape index (κ3) is 1.93. The van der Waals surface area contributed by atoms with Crippen molar-refractivity contribution in [1.82, 2.24) is 0 Å². The fraction of sp³-hybridized carbons (Fsp3) is 0.545. The molecular formula is C11H17Ga. The topological polar surface area (TPSA) is 0 Å². The van der Waals surface area contributed by atoms with E-state index in [4.69, 9.17) is 0 Å². The Morgan fingerprint density at radius 3 is 1.25 bits per heavy atom. The van der Waals surface area contributed by atoms with E-state index in [0.717, 1.165) is 0 Å². The average molecular weight is 219 g/mol. The summed E-state index contributed by atoms with van der Waals surface area (Å²) in [4.78, 5) is 0. The van der Waals surface area contributed by atoms with E-state index >= 15 is 0 Å². The van der Waals surface area contributed by atoms with Crippen molar-refractivity contribution in [2.75, 3.05) is 0 Å². The Morgan fingerprint density at radius 1 is 0.750 bits per heavy atom. The second-order valence-corrected chi connectivity index (χ2v) is 3.33. The molecule has 0 unspecified atom stereocenters. The summed E-state index contributed by atoms with van der Waals surface area (Å²) in [5.74, 6) is 7.53. The number of rotatable bonds is 1. The van der Waals surface area contributed by atoms with Crippen LogP contribution in [0, 0.1) is 29.6 Å². The van der Waals surface area contributed by atoms with Crippen LogP contribution in [0.2, 0.25) is 0 Å². The van der Waals surface area contributed by atoms with Crippen molar-refractivity contribution in [3.05, 3.63) is 29.6 Å². The predicted molar refractivity (Wildman–Crippen MR) is 55.0 cm³/mol. The Morgan fingerprint density at radius 2 is 1.08 bits per heavy atom. The van der Waals surface area contributed by atoms with Gasteiger partial charge in [0, 0.05) is 19.8 Å². The van der Waals surface area contributed by atoms with Gasteiger partial charge in [0.05, 0.1) is 0 Å². The zero-order chi connectivity index (χ0) is 8.59. The standard InChI is InChI=1S/C11H17.Ga/c1-6-11-9(4)7(2)8(3)10(11)5;/h6H2,1-5H3;. The molecule has 0 amide bonds. The van der Waals surface area contributed by atoms with Crippen LogP contribution in [0.25, 0.3) is 0 Å². The van der Waals surface area contributed by atoms with E-state index in [1.807, 2.05) is 0 Å². The third-order valence-electron chi connectivity index (χ3n) is 2.95. The summed E-state index contributed by atoms with van der Waals surface area (Å²) in [7, 11) is 0. The maximum Gasteiger partial charge on any atom is 0 e. The first kappa shape index (κ1) is 12.6. The van der Waals surface area contributed by atoms with Gasteiger partial charge in [-0.15, -0.1) is 0 Å². The fourth-order valence-electron chi connectivity index (χ4n) is 1.83. The minimum absolute atomic E-state index is 0. The van der Waals surface area contributed by atoms with Crippen LogP contribution in [0.4, 0.5) is 0 Å². The Bertz CT molecular complexity index is 119. The van der Waals surface area contributed by atoms with Crippen molar-refractivity contribution in [1.29, 1.82) is 0 Å². The zero-order valence-electron chi connectivity index (χ0n) is 8.78. The van der Waals surface area contributed by atoms with Crippen LogP contribution in [0.3, 0.4) is 0 Å². The number of hydrogen-bond donors (Lipinski definition) is 0. The molecule has 1 aliphatic rings. The molecule has 64 valence electrons. The van der Waals surface area contributed by atoms with E-state index in [1.165, 1.54) is 30.1 Å². The molecule has 1 fully saturated rings. The first-order valence-electron chi connectivity index (χ1n) is 4.31. The van der Waals surface area contributed by atoms with Gasteiger partial charge < -0.3 is 0 Å². The molecule has 12 heavy (non-hydrogen) atoms. The molecule has 8 radical (unpaired) electrons. The molecule has 0 atom stereocenters. The van der Waals surface area contributed by atoms with Gasteiger partial charge in [0.1, 0.15) is 0 Å². The van der Waals surface area contributed by atoms with Gasteiger partial charge in [0.25, 0.3) is 0 Å². The van der Waals surface area contributed by atoms with Gasteiger partial charge in [0.2, 0.25) is 0 Å². The maximum absolute atomic E-state index is 2.23. The van der Waals surface area contributed by atoms with Crippen molar-refractivity contribution in [3.63, 3.8) is 0 Å². The monoisotopic (exact) mass is 218 g/mol. The molecule has 0 nitrogen and oxygen atoms in total. The zero-order valence-corrected chi connectivity index (χ0v) is 11.2. The van der Waals surface area contributed by atoms with Crippen LogP contribution in [0.15, 0.2) is 0 Å². The van der Waals surface area contributed by atoms with Crippen LogP contribution in [0.1, 0.15) is 41.0 Å². The van der Waals surface area contributed by atoms with Gasteiger partial charge in [-0.05, 0) is 36.0 Å². The van der Waals surface area contributed by atoms with Gasteiger partial charge in [0.15, 0.2) is 0 Å². The van der Waals surface area contributed by atoms with Crippen LogP contribution < -0.4 is 0 Å². The van der Waals surface area contributed by atoms with E-state index in [9.17, 15) is 0 Å². The molecular weight excluding hydrogens is 202 g/mol. The van der Waals surface area contributed by atoms with Crippen molar-refractivity contribution in [2.24, 2.45) is 0 Å². The van der Waals surface area contributed by atoms with E-state index in [2.05, 4.69) is 34.6 Å². The minimum atomic E-state index is 0. The average Bonchev–Trinajstić information content (AvgIpc) is 2.17. The molecule has 1 saturated carbocycles. The Kier molecular flexibility index (Phi) is 5.01. The summed E-state index contributed by atoms with van der Waals surface area (Å²) in [5, 5.41) is 0. The van der Waals surface area contributed by atoms with Gasteiger partial charge in [-0.2, -0.15) is 0 Å². The van der Waals surface area contributed by atoms with E-state index in [-0.39, 0.29) is 19.8 Å². The van der Waals surface area contributed by atoms with Crippen LogP contribution in [0.5, 0.6) is 0 Å². The summed E-state index contributed by atoms with van der Waals surface area (Å²) in [6.07, 6.45) is 1.17. The van der Waals surface area contributed by atoms with Crippen LogP contribution >= 0.6 is 0 Å². The van der Waals surface area contributed by atoms with Gasteiger partial charge >= 0.3 is 0 Å². The van der Waals surface area contributed by atoms with Gasteiger partial charge in [-0.3, -0.25) is 0 Å². The van der Waals surface area contributed by atoms with Crippen molar-refractivity contribution >= 4 is 19.8 Å². The molecule has 1 rings (SSSR count). The summed E-state index contributed by atoms with van der Waals surface area (Å²) < 4.78 is 0. The van der Waals surface area contributed by atoms with Gasteiger partial charge in [-0.25, -0.2) is 0 Å². The largest absolute Gasteiger partial charge is 0.0648 e. The molecule has 1 heteroatoms. The van der Waals surface area contributed by atoms with Crippen molar-refractivity contribution in [2.45, 2.75) is 41.0 Å². The molecule has 0 N–H and O–H groups in total. The molecule has 0 saturated heterocycles. The quantitative estimate of drug-likeness (QED) is 0.594. The second kappa shape index (κ2) is 4.76. The molecule has 0 heterocycles. The summed E-state index contributed by atoms with van der Waals surface area (Å²) in [6.45, 7) is 11.1. The van der Waals surface area contributed by atoms with E-state index < -0.39 is 0 Å². The summed E-state index contributed by atoms with van der Waals surface area (Å²) in [5.41, 5.74) is 0. The number of hydrogen-bond acceptors (Lipinski definition) is 0. The molecule has 0 spiro atoms. The maximum atomic E-state index is 2.23. The van der Waals surface area contributed by atoms with Gasteiger partial charge in [-0.1, -0.05) is 34.6 Å². The van der Waals surface area contributed by atoms with Crippen molar-refractivity contribution in [3.8, 4) is 0 Å². The molecule has 0 bridgehead atoms. The first-order chi connectivity index (χ1) is 5.09. The molecule has 0 aliphatic heterocycles. The SMILES string of the molecule is CC[C]1[C](C)[C](C)[C](C)[C]1C.[Ga]. The molecule has 1 aliphatic carbocycles. The van der Waals surface area contributed by atoms with E-state index in [1.54, 1.807) is 5.92 Å². The fourth-order valence-corrected chi connectivity index (χ4v) is 1.83. The first-order valence-corrected chi connectivity index (χ1v) is 4.31. The molecule has 0 aromatic heterocycles. The van der Waals surface area contributed by atoms with Crippen LogP contribution in [-0.2, 0) is 0 Å². The Labute approximate surface area is 90.6 Å². The minimum Gasteiger partial charge on any atom is -0.0648 e. The molecule has 0 aromatic carbocycles. The normalized spacial score (nSPS) is 24.8. The molecule has 0 aromatic rings. The Hall–Kier alpha value is 0.636. The van der Waals surface area contributed by atoms with E-state index in [0.29, 0.717) is 0 Å². The summed E-state index contributed by atoms with van der Waals surface area (Å²) >= 11 is 0. The smallest absolute Gasteiger partial charge is 0 e. The predicted octanol–water partition coefficient (Wildman–Crippen LogP) is 2.98. The summed E-state index contributed by atoms with van der Waals surface area (Å²) in [6, 6.07) is 0. The second-order valence-electron chi connectivity index (χ2n) is 3.33. The third-order valence-corrected chi connectivity index (χ3v) is 2.95. The van der Waals surface area contributed by atoms with Crippen molar-refractivity contribution < 1.29 is 0 Å². The van der Waals surface area contributed by atoms with Crippen LogP contribution in [-0.4, -0.2) is 19.8 Å².